The van der Waals surface area contributed by atoms with Gasteiger partial charge in [-0.05, 0) is 61.7 Å². The second-order valence-electron chi connectivity index (χ2n) is 6.85. The van der Waals surface area contributed by atoms with E-state index in [4.69, 9.17) is 10.00 Å². The molecule has 0 spiro atoms. The lowest BCUT2D eigenvalue weighted by Crippen LogP contribution is -2.35. The molecule has 1 N–H and O–H groups in total. The number of ether oxygens (including phenoxy) is 1. The van der Waals surface area contributed by atoms with Gasteiger partial charge in [-0.15, -0.1) is 0 Å². The number of aryl methyl sites for hydroxylation is 1. The molecule has 1 aliphatic rings. The average Bonchev–Trinajstić information content (AvgIpc) is 2.73. The summed E-state index contributed by atoms with van der Waals surface area (Å²) < 4.78 is 33.0. The van der Waals surface area contributed by atoms with Crippen LogP contribution in [0.4, 0.5) is 5.69 Å². The third-order valence-electron chi connectivity index (χ3n) is 4.83. The number of anilines is 1. The van der Waals surface area contributed by atoms with Crippen molar-refractivity contribution >= 4 is 15.7 Å². The maximum Gasteiger partial charge on any atom is 0.243 e. The number of benzene rings is 2. The van der Waals surface area contributed by atoms with Crippen LogP contribution >= 0.6 is 0 Å². The van der Waals surface area contributed by atoms with Gasteiger partial charge in [0.2, 0.25) is 10.0 Å². The average molecular weight is 400 g/mol. The molecule has 0 amide bonds. The first-order chi connectivity index (χ1) is 13.5. The van der Waals surface area contributed by atoms with Gasteiger partial charge in [0.25, 0.3) is 0 Å². The highest BCUT2D eigenvalue weighted by Gasteiger charge is 2.26. The van der Waals surface area contributed by atoms with E-state index in [-0.39, 0.29) is 0 Å². The Bertz CT molecular complexity index is 944. The van der Waals surface area contributed by atoms with Gasteiger partial charge in [-0.2, -0.15) is 9.57 Å². The Morgan fingerprint density at radius 3 is 2.50 bits per heavy atom. The van der Waals surface area contributed by atoms with Crippen LogP contribution in [-0.4, -0.2) is 39.0 Å². The highest BCUT2D eigenvalue weighted by Crippen LogP contribution is 2.25. The normalized spacial score (nSPS) is 15.0. The lowest BCUT2D eigenvalue weighted by Gasteiger charge is -2.26. The van der Waals surface area contributed by atoms with Crippen LogP contribution in [0.15, 0.2) is 47.4 Å². The Balaban J connectivity index is 1.60. The fraction of sp³-hybridized carbons (Fsp3) is 0.381. The molecule has 0 radical (unpaired) electrons. The van der Waals surface area contributed by atoms with Crippen LogP contribution in [0.1, 0.15) is 30.4 Å². The first-order valence-electron chi connectivity index (χ1n) is 9.48. The second kappa shape index (κ2) is 9.09. The lowest BCUT2D eigenvalue weighted by atomic mass is 10.2. The zero-order chi connectivity index (χ0) is 20.0. The van der Waals surface area contributed by atoms with Crippen molar-refractivity contribution in [3.63, 3.8) is 0 Å². The van der Waals surface area contributed by atoms with Gasteiger partial charge in [0.05, 0.1) is 16.5 Å². The van der Waals surface area contributed by atoms with Gasteiger partial charge in [-0.3, -0.25) is 0 Å². The quantitative estimate of drug-likeness (QED) is 0.720. The van der Waals surface area contributed by atoms with E-state index in [1.165, 1.54) is 0 Å². The fourth-order valence-electron chi connectivity index (χ4n) is 3.19. The minimum atomic E-state index is -3.45. The summed E-state index contributed by atoms with van der Waals surface area (Å²) in [4.78, 5) is 0.329. The smallest absolute Gasteiger partial charge is 0.243 e. The van der Waals surface area contributed by atoms with Crippen LogP contribution < -0.4 is 10.1 Å². The van der Waals surface area contributed by atoms with E-state index in [0.717, 1.165) is 30.5 Å². The maximum atomic E-state index is 12.9. The molecule has 2 aromatic carbocycles. The standard InChI is InChI=1S/C21H25N3O3S/c1-17-5-10-20(28(25,26)24-12-3-2-4-13-24)15-21(17)23-11-14-27-19-8-6-18(16-22)7-9-19/h5-10,15,23H,2-4,11-14H2,1H3. The maximum absolute atomic E-state index is 12.9. The van der Waals surface area contributed by atoms with E-state index in [0.29, 0.717) is 42.4 Å². The van der Waals surface area contributed by atoms with Crippen LogP contribution in [0.25, 0.3) is 0 Å². The summed E-state index contributed by atoms with van der Waals surface area (Å²) >= 11 is 0. The fourth-order valence-corrected chi connectivity index (χ4v) is 4.73. The molecule has 1 aliphatic heterocycles. The minimum Gasteiger partial charge on any atom is -0.492 e. The van der Waals surface area contributed by atoms with Crippen molar-refractivity contribution in [1.29, 1.82) is 5.26 Å². The van der Waals surface area contributed by atoms with Crippen molar-refractivity contribution in [1.82, 2.24) is 4.31 Å². The molecule has 1 heterocycles. The van der Waals surface area contributed by atoms with Crippen LogP contribution in [0.5, 0.6) is 5.75 Å². The summed E-state index contributed by atoms with van der Waals surface area (Å²) in [7, 11) is -3.45. The molecule has 0 aromatic heterocycles. The Morgan fingerprint density at radius 2 is 1.82 bits per heavy atom. The van der Waals surface area contributed by atoms with Crippen LogP contribution in [-0.2, 0) is 10.0 Å². The molecule has 0 saturated carbocycles. The zero-order valence-corrected chi connectivity index (χ0v) is 16.8. The monoisotopic (exact) mass is 399 g/mol. The molecule has 3 rings (SSSR count). The number of piperidine rings is 1. The predicted octanol–water partition coefficient (Wildman–Crippen LogP) is 3.53. The van der Waals surface area contributed by atoms with E-state index in [1.807, 2.05) is 13.0 Å². The largest absolute Gasteiger partial charge is 0.492 e. The molecule has 1 fully saturated rings. The number of sulfonamides is 1. The van der Waals surface area contributed by atoms with Gasteiger partial charge in [-0.1, -0.05) is 12.5 Å². The van der Waals surface area contributed by atoms with Gasteiger partial charge in [0, 0.05) is 25.3 Å². The second-order valence-corrected chi connectivity index (χ2v) is 8.79. The third-order valence-corrected chi connectivity index (χ3v) is 6.73. The molecule has 6 nitrogen and oxygen atoms in total. The molecule has 148 valence electrons. The number of nitrogens with one attached hydrogen (secondary N) is 1. The van der Waals surface area contributed by atoms with Crippen LogP contribution in [0.3, 0.4) is 0 Å². The Hall–Kier alpha value is -2.56. The summed E-state index contributed by atoms with van der Waals surface area (Å²) in [5.74, 6) is 0.693. The number of hydrogen-bond donors (Lipinski definition) is 1. The van der Waals surface area contributed by atoms with Crippen molar-refractivity contribution in [3.05, 3.63) is 53.6 Å². The van der Waals surface area contributed by atoms with E-state index in [2.05, 4.69) is 11.4 Å². The minimum absolute atomic E-state index is 0.329. The summed E-state index contributed by atoms with van der Waals surface area (Å²) in [6.45, 7) is 4.10. The van der Waals surface area contributed by atoms with Gasteiger partial charge < -0.3 is 10.1 Å². The number of rotatable bonds is 7. The SMILES string of the molecule is Cc1ccc(S(=O)(=O)N2CCCCC2)cc1NCCOc1ccc(C#N)cc1. The molecule has 7 heteroatoms. The summed E-state index contributed by atoms with van der Waals surface area (Å²) in [5, 5.41) is 12.1. The number of nitriles is 1. The molecule has 0 bridgehead atoms. The predicted molar refractivity (Wildman–Crippen MR) is 109 cm³/mol. The molecular formula is C21H25N3O3S. The number of hydrogen-bond acceptors (Lipinski definition) is 5. The highest BCUT2D eigenvalue weighted by atomic mass is 32.2. The van der Waals surface area contributed by atoms with Crippen molar-refractivity contribution in [2.45, 2.75) is 31.1 Å². The Labute approximate surface area is 166 Å². The number of nitrogens with zero attached hydrogens (tertiary/aromatic N) is 2. The van der Waals surface area contributed by atoms with E-state index >= 15 is 0 Å². The highest BCUT2D eigenvalue weighted by molar-refractivity contribution is 7.89. The van der Waals surface area contributed by atoms with Gasteiger partial charge in [0.15, 0.2) is 0 Å². The van der Waals surface area contributed by atoms with E-state index < -0.39 is 10.0 Å². The summed E-state index contributed by atoms with van der Waals surface area (Å²) in [6, 6.07) is 14.2. The van der Waals surface area contributed by atoms with Crippen molar-refractivity contribution in [2.24, 2.45) is 0 Å². The summed E-state index contributed by atoms with van der Waals surface area (Å²) in [6.07, 6.45) is 2.93. The van der Waals surface area contributed by atoms with Gasteiger partial charge >= 0.3 is 0 Å². The van der Waals surface area contributed by atoms with E-state index in [9.17, 15) is 8.42 Å². The Morgan fingerprint density at radius 1 is 1.11 bits per heavy atom. The molecule has 0 aliphatic carbocycles. The van der Waals surface area contributed by atoms with Crippen molar-refractivity contribution in [3.8, 4) is 11.8 Å². The molecule has 0 atom stereocenters. The first kappa shape index (κ1) is 20.2. The van der Waals surface area contributed by atoms with Crippen molar-refractivity contribution < 1.29 is 13.2 Å². The van der Waals surface area contributed by atoms with Gasteiger partial charge in [-0.25, -0.2) is 8.42 Å². The van der Waals surface area contributed by atoms with Crippen LogP contribution in [0.2, 0.25) is 0 Å². The lowest BCUT2D eigenvalue weighted by molar-refractivity contribution is 0.333. The molecule has 28 heavy (non-hydrogen) atoms. The van der Waals surface area contributed by atoms with Gasteiger partial charge in [0.1, 0.15) is 12.4 Å². The molecular weight excluding hydrogens is 374 g/mol. The molecule has 1 saturated heterocycles. The van der Waals surface area contributed by atoms with E-state index in [1.54, 1.807) is 40.7 Å². The molecule has 0 unspecified atom stereocenters. The van der Waals surface area contributed by atoms with Crippen molar-refractivity contribution in [2.75, 3.05) is 31.6 Å². The topological polar surface area (TPSA) is 82.4 Å². The zero-order valence-electron chi connectivity index (χ0n) is 16.0. The summed E-state index contributed by atoms with van der Waals surface area (Å²) in [5.41, 5.74) is 2.37. The van der Waals surface area contributed by atoms with Crippen LogP contribution in [0, 0.1) is 18.3 Å². The first-order valence-corrected chi connectivity index (χ1v) is 10.9. The third kappa shape index (κ3) is 4.83. The Kier molecular flexibility index (Phi) is 6.55. The molecule has 2 aromatic rings.